The van der Waals surface area contributed by atoms with Crippen LogP contribution < -0.4 is 4.90 Å². The smallest absolute Gasteiger partial charge is 0.333 e. The van der Waals surface area contributed by atoms with Gasteiger partial charge in [0, 0.05) is 9.78 Å². The topological polar surface area (TPSA) is 15.6 Å². The third-order valence-corrected chi connectivity index (χ3v) is 4.10. The first kappa shape index (κ1) is 14.4. The van der Waals surface area contributed by atoms with Gasteiger partial charge in [-0.25, -0.2) is 0 Å². The fraction of sp³-hybridized carbons (Fsp3) is 0.133. The molecular formula is C15H10F3IN2. The van der Waals surface area contributed by atoms with Gasteiger partial charge in [0.25, 0.3) is 0 Å². The van der Waals surface area contributed by atoms with Crippen molar-refractivity contribution in [2.45, 2.75) is 6.18 Å². The summed E-state index contributed by atoms with van der Waals surface area (Å²) < 4.78 is 38.8. The van der Waals surface area contributed by atoms with Crippen molar-refractivity contribution >= 4 is 45.9 Å². The van der Waals surface area contributed by atoms with Gasteiger partial charge >= 0.3 is 6.18 Å². The van der Waals surface area contributed by atoms with E-state index in [4.69, 9.17) is 0 Å². The minimum Gasteiger partial charge on any atom is -0.333 e. The summed E-state index contributed by atoms with van der Waals surface area (Å²) >= 11 is 1.94. The lowest BCUT2D eigenvalue weighted by molar-refractivity contribution is -0.137. The molecule has 0 fully saturated rings. The molecule has 0 atom stereocenters. The molecule has 2 aromatic carbocycles. The maximum Gasteiger partial charge on any atom is 0.416 e. The highest BCUT2D eigenvalue weighted by molar-refractivity contribution is 14.1. The Hall–Kier alpha value is -1.57. The lowest BCUT2D eigenvalue weighted by Crippen LogP contribution is -2.23. The van der Waals surface area contributed by atoms with Gasteiger partial charge in [-0.2, -0.15) is 13.2 Å². The van der Waals surface area contributed by atoms with E-state index >= 15 is 0 Å². The Labute approximate surface area is 133 Å². The Morgan fingerprint density at radius 2 is 1.81 bits per heavy atom. The number of aliphatic imine (C=N–C) groups is 1. The number of hydrogen-bond donors (Lipinski definition) is 0. The molecular weight excluding hydrogens is 392 g/mol. The summed E-state index contributed by atoms with van der Waals surface area (Å²) in [7, 11) is 0. The number of anilines is 2. The fourth-order valence-corrected chi connectivity index (χ4v) is 3.06. The van der Waals surface area contributed by atoms with Gasteiger partial charge in [0.15, 0.2) is 0 Å². The van der Waals surface area contributed by atoms with Gasteiger partial charge in [0.05, 0.1) is 29.2 Å². The molecule has 1 heterocycles. The van der Waals surface area contributed by atoms with Crippen LogP contribution in [0.3, 0.4) is 0 Å². The van der Waals surface area contributed by atoms with Gasteiger partial charge in [-0.1, -0.05) is 12.1 Å². The molecule has 21 heavy (non-hydrogen) atoms. The zero-order chi connectivity index (χ0) is 15.0. The maximum atomic E-state index is 12.7. The first-order valence-electron chi connectivity index (χ1n) is 6.22. The number of nitrogens with zero attached hydrogens (tertiary/aromatic N) is 2. The molecule has 0 aliphatic carbocycles. The van der Waals surface area contributed by atoms with Crippen LogP contribution in [0.5, 0.6) is 0 Å². The number of hydrogen-bond acceptors (Lipinski definition) is 2. The quantitative estimate of drug-likeness (QED) is 0.602. The van der Waals surface area contributed by atoms with Crippen LogP contribution in [0.25, 0.3) is 0 Å². The van der Waals surface area contributed by atoms with Crippen LogP contribution in [-0.2, 0) is 6.18 Å². The average molecular weight is 402 g/mol. The number of alkyl halides is 3. The third-order valence-electron chi connectivity index (χ3n) is 3.23. The number of halogens is 4. The lowest BCUT2D eigenvalue weighted by Gasteiger charge is -2.28. The molecule has 108 valence electrons. The van der Waals surface area contributed by atoms with Crippen LogP contribution in [0.2, 0.25) is 0 Å². The van der Waals surface area contributed by atoms with E-state index in [-0.39, 0.29) is 0 Å². The highest BCUT2D eigenvalue weighted by Gasteiger charge is 2.31. The van der Waals surface area contributed by atoms with Crippen molar-refractivity contribution in [2.75, 3.05) is 11.4 Å². The number of fused-ring (bicyclic) bond motifs is 1. The van der Waals surface area contributed by atoms with Crippen LogP contribution in [0, 0.1) is 3.57 Å². The molecule has 0 bridgehead atoms. The van der Waals surface area contributed by atoms with Crippen LogP contribution in [0.15, 0.2) is 47.5 Å². The van der Waals surface area contributed by atoms with Crippen molar-refractivity contribution in [3.05, 3.63) is 51.6 Å². The van der Waals surface area contributed by atoms with Gasteiger partial charge in [-0.15, -0.1) is 0 Å². The molecule has 0 aromatic heterocycles. The fourth-order valence-electron chi connectivity index (χ4n) is 2.25. The van der Waals surface area contributed by atoms with Gasteiger partial charge in [-0.05, 0) is 52.9 Å². The second-order valence-electron chi connectivity index (χ2n) is 4.57. The molecule has 0 unspecified atom stereocenters. The van der Waals surface area contributed by atoms with Crippen molar-refractivity contribution in [3.8, 4) is 0 Å². The molecule has 1 aliphatic rings. The summed E-state index contributed by atoms with van der Waals surface area (Å²) in [6.45, 7) is 0.540. The monoisotopic (exact) mass is 402 g/mol. The molecule has 0 saturated heterocycles. The summed E-state index contributed by atoms with van der Waals surface area (Å²) in [5, 5.41) is 0. The molecule has 2 nitrogen and oxygen atoms in total. The van der Waals surface area contributed by atoms with Gasteiger partial charge < -0.3 is 4.90 Å². The first-order valence-corrected chi connectivity index (χ1v) is 7.30. The Morgan fingerprint density at radius 3 is 2.52 bits per heavy atom. The zero-order valence-corrected chi connectivity index (χ0v) is 12.9. The van der Waals surface area contributed by atoms with E-state index in [1.165, 1.54) is 12.1 Å². The second kappa shape index (κ2) is 5.32. The number of para-hydroxylation sites is 2. The van der Waals surface area contributed by atoms with E-state index < -0.39 is 11.7 Å². The molecule has 0 amide bonds. The lowest BCUT2D eigenvalue weighted by atomic mass is 10.1. The average Bonchev–Trinajstić information content (AvgIpc) is 2.46. The van der Waals surface area contributed by atoms with Crippen molar-refractivity contribution < 1.29 is 13.2 Å². The number of benzene rings is 2. The highest BCUT2D eigenvalue weighted by Crippen LogP contribution is 2.39. The summed E-state index contributed by atoms with van der Waals surface area (Å²) in [4.78, 5) is 6.27. The summed E-state index contributed by atoms with van der Waals surface area (Å²) in [6.07, 6.45) is -2.56. The van der Waals surface area contributed by atoms with E-state index in [0.717, 1.165) is 23.1 Å². The Morgan fingerprint density at radius 1 is 1.05 bits per heavy atom. The minimum atomic E-state index is -4.32. The number of rotatable bonds is 1. The summed E-state index contributed by atoms with van der Waals surface area (Å²) in [5.41, 5.74) is 1.84. The van der Waals surface area contributed by atoms with Gasteiger partial charge in [0.2, 0.25) is 0 Å². The van der Waals surface area contributed by atoms with Crippen LogP contribution in [-0.4, -0.2) is 12.8 Å². The van der Waals surface area contributed by atoms with Gasteiger partial charge in [0.1, 0.15) is 0 Å². The molecule has 0 saturated carbocycles. The van der Waals surface area contributed by atoms with Crippen LogP contribution in [0.1, 0.15) is 5.56 Å². The molecule has 3 rings (SSSR count). The predicted molar refractivity (Wildman–Crippen MR) is 85.8 cm³/mol. The normalized spacial score (nSPS) is 14.2. The molecule has 0 spiro atoms. The predicted octanol–water partition coefficient (Wildman–Crippen LogP) is 5.16. The van der Waals surface area contributed by atoms with Crippen molar-refractivity contribution in [3.63, 3.8) is 0 Å². The zero-order valence-electron chi connectivity index (χ0n) is 10.7. The van der Waals surface area contributed by atoms with Crippen molar-refractivity contribution in [2.24, 2.45) is 4.99 Å². The molecule has 6 heteroatoms. The minimum absolute atomic E-state index is 0.540. The van der Waals surface area contributed by atoms with E-state index in [9.17, 15) is 13.2 Å². The Balaban J connectivity index is 2.04. The summed E-state index contributed by atoms with van der Waals surface area (Å²) in [5.74, 6) is 0. The molecule has 0 N–H and O–H groups in total. The first-order chi connectivity index (χ1) is 9.97. The van der Waals surface area contributed by atoms with Crippen LogP contribution >= 0.6 is 22.6 Å². The Bertz CT molecular complexity index is 710. The highest BCUT2D eigenvalue weighted by atomic mass is 127. The molecule has 1 aliphatic heterocycles. The standard InChI is InChI=1S/C15H10F3IN2/c16-15(17,18)10-5-6-13(11(19)9-10)21-8-7-20-12-3-1-2-4-14(12)21/h1-7,9H,8H2. The van der Waals surface area contributed by atoms with Crippen LogP contribution in [0.4, 0.5) is 30.2 Å². The molecule has 2 aromatic rings. The van der Waals surface area contributed by atoms with E-state index in [1.807, 2.05) is 51.8 Å². The van der Waals surface area contributed by atoms with Crippen molar-refractivity contribution in [1.29, 1.82) is 0 Å². The third kappa shape index (κ3) is 2.76. The van der Waals surface area contributed by atoms with E-state index in [0.29, 0.717) is 10.1 Å². The largest absolute Gasteiger partial charge is 0.416 e. The van der Waals surface area contributed by atoms with E-state index in [1.54, 1.807) is 6.21 Å². The van der Waals surface area contributed by atoms with E-state index in [2.05, 4.69) is 4.99 Å². The van der Waals surface area contributed by atoms with Crippen molar-refractivity contribution in [1.82, 2.24) is 0 Å². The van der Waals surface area contributed by atoms with Gasteiger partial charge in [-0.3, -0.25) is 4.99 Å². The second-order valence-corrected chi connectivity index (χ2v) is 5.74. The SMILES string of the molecule is FC(F)(F)c1ccc(N2CC=Nc3ccccc32)c(I)c1. The molecule has 0 radical (unpaired) electrons. The maximum absolute atomic E-state index is 12.7. The Kier molecular flexibility index (Phi) is 3.64. The summed E-state index contributed by atoms with van der Waals surface area (Å²) in [6, 6.07) is 11.4.